The van der Waals surface area contributed by atoms with Gasteiger partial charge in [-0.15, -0.1) is 0 Å². The number of aliphatic hydroxyl groups is 1. The smallest absolute Gasteiger partial charge is 0.243 e. The standard InChI is InChI=1S/C42H61N11O8S2/c1-24(54)35(36(43)56)53-39(59)32(17-20-63-4)50-41(61)34(22-27-23-47-29-14-9-8-13-28(27)29)52-38(58)31(16-19-62-3)49-40(60)33(21-26-11-6-5-7-12-26)51-37(57)30(48-25(2)55)15-10-18-46-42(44)45/h5-9,11-14,23-24,30-35,47,54H,10,15-22H2,1-4H3,(H2,43,56)(H,48,55)(H,49,60)(H,50,61)(H,51,57)(H,52,58)(H,53,59)(H4,44,45,46). The number of guanidine groups is 1. The van der Waals surface area contributed by atoms with Gasteiger partial charge in [-0.2, -0.15) is 23.5 Å². The minimum Gasteiger partial charge on any atom is -0.391 e. The molecular weight excluding hydrogens is 851 g/mol. The number of carbonyl (C=O) groups excluding carboxylic acids is 7. The van der Waals surface area contributed by atoms with Crippen LogP contribution in [0.25, 0.3) is 10.9 Å². The molecule has 7 amide bonds. The third-order valence-corrected chi connectivity index (χ3v) is 11.1. The number of nitrogens with one attached hydrogen (secondary N) is 7. The van der Waals surface area contributed by atoms with Gasteiger partial charge in [0, 0.05) is 43.4 Å². The first-order chi connectivity index (χ1) is 30.0. The molecule has 2 aromatic carbocycles. The molecule has 1 heterocycles. The van der Waals surface area contributed by atoms with Gasteiger partial charge < -0.3 is 59.2 Å². The number of carbonyl (C=O) groups is 7. The maximum Gasteiger partial charge on any atom is 0.243 e. The number of aromatic nitrogens is 1. The first-order valence-electron chi connectivity index (χ1n) is 20.4. The highest BCUT2D eigenvalue weighted by molar-refractivity contribution is 7.98. The van der Waals surface area contributed by atoms with Crippen LogP contribution in [0.4, 0.5) is 0 Å². The lowest BCUT2D eigenvalue weighted by Gasteiger charge is -2.28. The molecule has 7 unspecified atom stereocenters. The average Bonchev–Trinajstić information content (AvgIpc) is 3.65. The molecule has 0 aliphatic heterocycles. The summed E-state index contributed by atoms with van der Waals surface area (Å²) in [6, 6.07) is 9.00. The summed E-state index contributed by atoms with van der Waals surface area (Å²) in [4.78, 5) is 101. The zero-order valence-corrected chi connectivity index (χ0v) is 37.6. The minimum absolute atomic E-state index is 0.0281. The molecule has 63 heavy (non-hydrogen) atoms. The zero-order chi connectivity index (χ0) is 46.5. The number of aliphatic imine (C=N–C) groups is 1. The minimum atomic E-state index is -1.42. The van der Waals surface area contributed by atoms with E-state index in [0.29, 0.717) is 29.1 Å². The van der Waals surface area contributed by atoms with Gasteiger partial charge in [0.2, 0.25) is 41.4 Å². The second kappa shape index (κ2) is 26.6. The summed E-state index contributed by atoms with van der Waals surface area (Å²) in [7, 11) is 0. The van der Waals surface area contributed by atoms with Gasteiger partial charge in [0.05, 0.1) is 6.10 Å². The molecule has 1 aromatic heterocycles. The van der Waals surface area contributed by atoms with Crippen LogP contribution in [0.3, 0.4) is 0 Å². The second-order valence-corrected chi connectivity index (χ2v) is 16.9. The Labute approximate surface area is 375 Å². The molecule has 14 N–H and O–H groups in total. The van der Waals surface area contributed by atoms with Crippen molar-refractivity contribution < 1.29 is 38.7 Å². The number of nitrogens with two attached hydrogens (primary N) is 3. The van der Waals surface area contributed by atoms with Crippen molar-refractivity contribution in [3.8, 4) is 0 Å². The summed E-state index contributed by atoms with van der Waals surface area (Å²) < 4.78 is 0. The molecule has 0 saturated carbocycles. The number of H-pyrrole nitrogens is 1. The van der Waals surface area contributed by atoms with E-state index in [9.17, 15) is 38.7 Å². The number of rotatable bonds is 27. The number of aliphatic hydroxyl groups excluding tert-OH is 1. The molecule has 0 aliphatic rings. The quantitative estimate of drug-likeness (QED) is 0.0257. The highest BCUT2D eigenvalue weighted by Crippen LogP contribution is 2.20. The van der Waals surface area contributed by atoms with Crippen LogP contribution in [0.5, 0.6) is 0 Å². The number of hydrogen-bond donors (Lipinski definition) is 11. The van der Waals surface area contributed by atoms with Gasteiger partial charge in [-0.25, -0.2) is 0 Å². The van der Waals surface area contributed by atoms with Crippen LogP contribution in [-0.4, -0.2) is 130 Å². The van der Waals surface area contributed by atoms with Gasteiger partial charge in [-0.3, -0.25) is 38.6 Å². The number of benzene rings is 2. The summed E-state index contributed by atoms with van der Waals surface area (Å²) in [5.74, 6) is -4.21. The molecule has 0 bridgehead atoms. The van der Waals surface area contributed by atoms with Gasteiger partial charge >= 0.3 is 0 Å². The fraction of sp³-hybridized carbons (Fsp3) is 0.476. The molecule has 344 valence electrons. The van der Waals surface area contributed by atoms with Crippen LogP contribution in [-0.2, 0) is 46.4 Å². The molecule has 0 aliphatic carbocycles. The number of para-hydroxylation sites is 1. The molecule has 21 heteroatoms. The Bertz CT molecular complexity index is 2030. The van der Waals surface area contributed by atoms with Crippen LogP contribution < -0.4 is 49.1 Å². The summed E-state index contributed by atoms with van der Waals surface area (Å²) >= 11 is 2.85. The van der Waals surface area contributed by atoms with Crippen LogP contribution in [0.2, 0.25) is 0 Å². The number of nitrogens with zero attached hydrogens (tertiary/aromatic N) is 1. The van der Waals surface area contributed by atoms with E-state index in [1.165, 1.54) is 37.4 Å². The van der Waals surface area contributed by atoms with E-state index < -0.39 is 83.7 Å². The van der Waals surface area contributed by atoms with E-state index in [4.69, 9.17) is 17.2 Å². The molecule has 3 aromatic rings. The van der Waals surface area contributed by atoms with E-state index >= 15 is 0 Å². The topological polar surface area (TPSA) is 318 Å². The lowest BCUT2D eigenvalue weighted by molar-refractivity contribution is -0.135. The van der Waals surface area contributed by atoms with Gasteiger partial charge in [-0.1, -0.05) is 48.5 Å². The van der Waals surface area contributed by atoms with Crippen molar-refractivity contribution in [1.82, 2.24) is 36.9 Å². The first kappa shape index (κ1) is 51.5. The molecule has 7 atom stereocenters. The fourth-order valence-corrected chi connectivity index (χ4v) is 7.53. The van der Waals surface area contributed by atoms with E-state index in [1.807, 2.05) is 36.8 Å². The average molecular weight is 912 g/mol. The molecule has 0 saturated heterocycles. The van der Waals surface area contributed by atoms with E-state index in [0.717, 1.165) is 10.9 Å². The summed E-state index contributed by atoms with van der Waals surface area (Å²) in [6.07, 6.45) is 4.83. The SMILES string of the molecule is CSCCC(NC(=O)C(Cc1ccccc1)NC(=O)C(CCCN=C(N)N)NC(C)=O)C(=O)NC(Cc1c[nH]c2ccccc12)C(=O)NC(CCSC)C(=O)NC(C(N)=O)C(C)O. The number of thioether (sulfide) groups is 2. The Morgan fingerprint density at radius 3 is 1.68 bits per heavy atom. The molecule has 0 fully saturated rings. The van der Waals surface area contributed by atoms with Crippen molar-refractivity contribution in [2.75, 3.05) is 30.6 Å². The number of primary amides is 1. The van der Waals surface area contributed by atoms with Crippen LogP contribution >= 0.6 is 23.5 Å². The predicted octanol–water partition coefficient (Wildman–Crippen LogP) is -0.692. The molecular formula is C42H61N11O8S2. The lowest BCUT2D eigenvalue weighted by atomic mass is 10.0. The van der Waals surface area contributed by atoms with E-state index in [1.54, 1.807) is 36.5 Å². The zero-order valence-electron chi connectivity index (χ0n) is 36.0. The van der Waals surface area contributed by atoms with Gasteiger partial charge in [0.15, 0.2) is 5.96 Å². The van der Waals surface area contributed by atoms with Crippen molar-refractivity contribution in [2.45, 2.75) is 94.7 Å². The van der Waals surface area contributed by atoms with Gasteiger partial charge in [0.25, 0.3) is 0 Å². The van der Waals surface area contributed by atoms with Gasteiger partial charge in [0.1, 0.15) is 36.3 Å². The fourth-order valence-electron chi connectivity index (χ4n) is 6.59. The molecule has 3 rings (SSSR count). The van der Waals surface area contributed by atoms with E-state index in [-0.39, 0.29) is 44.6 Å². The van der Waals surface area contributed by atoms with Crippen molar-refractivity contribution >= 4 is 81.7 Å². The molecule has 0 spiro atoms. The van der Waals surface area contributed by atoms with Crippen LogP contribution in [0.1, 0.15) is 50.7 Å². The Balaban J connectivity index is 1.95. The summed E-state index contributed by atoms with van der Waals surface area (Å²) in [5, 5.41) is 27.0. The van der Waals surface area contributed by atoms with Crippen LogP contribution in [0.15, 0.2) is 65.8 Å². The largest absolute Gasteiger partial charge is 0.391 e. The summed E-state index contributed by atoms with van der Waals surface area (Å²) in [6.45, 7) is 2.76. The maximum atomic E-state index is 14.4. The Morgan fingerprint density at radius 1 is 0.667 bits per heavy atom. The normalized spacial score (nSPS) is 14.4. The van der Waals surface area contributed by atoms with Crippen molar-refractivity contribution in [3.05, 3.63) is 71.9 Å². The number of hydrogen-bond acceptors (Lipinski definition) is 11. The number of amides is 7. The van der Waals surface area contributed by atoms with Crippen molar-refractivity contribution in [3.63, 3.8) is 0 Å². The summed E-state index contributed by atoms with van der Waals surface area (Å²) in [5.41, 5.74) is 18.5. The third kappa shape index (κ3) is 17.5. The second-order valence-electron chi connectivity index (χ2n) is 14.9. The first-order valence-corrected chi connectivity index (χ1v) is 23.2. The van der Waals surface area contributed by atoms with Crippen molar-refractivity contribution in [1.29, 1.82) is 0 Å². The molecule has 19 nitrogen and oxygen atoms in total. The monoisotopic (exact) mass is 911 g/mol. The molecule has 0 radical (unpaired) electrons. The Kier molecular flexibility index (Phi) is 21.8. The van der Waals surface area contributed by atoms with E-state index in [2.05, 4.69) is 41.9 Å². The highest BCUT2D eigenvalue weighted by Gasteiger charge is 2.34. The van der Waals surface area contributed by atoms with Gasteiger partial charge in [-0.05, 0) is 73.8 Å². The number of aromatic amines is 1. The maximum absolute atomic E-state index is 14.4. The Morgan fingerprint density at radius 2 is 1.16 bits per heavy atom. The third-order valence-electron chi connectivity index (χ3n) is 9.86. The highest BCUT2D eigenvalue weighted by atomic mass is 32.2. The number of fused-ring (bicyclic) bond motifs is 1. The predicted molar refractivity (Wildman–Crippen MR) is 246 cm³/mol. The van der Waals surface area contributed by atoms with Crippen molar-refractivity contribution in [2.24, 2.45) is 22.2 Å². The van der Waals surface area contributed by atoms with Crippen LogP contribution in [0, 0.1) is 0 Å². The Hall–Kier alpha value is -5.80. The lowest BCUT2D eigenvalue weighted by Crippen LogP contribution is -2.60.